The van der Waals surface area contributed by atoms with Crippen LogP contribution >= 0.6 is 0 Å². The highest BCUT2D eigenvalue weighted by Crippen LogP contribution is 1.90. The van der Waals surface area contributed by atoms with Crippen LogP contribution in [0.1, 0.15) is 20.8 Å². The van der Waals surface area contributed by atoms with E-state index in [9.17, 15) is 4.79 Å². The molecule has 0 heterocycles. The highest BCUT2D eigenvalue weighted by Gasteiger charge is 2.01. The molecule has 0 aromatic carbocycles. The number of ether oxygens (including phenoxy) is 2. The summed E-state index contributed by atoms with van der Waals surface area (Å²) in [6, 6.07) is 0. The molecular formula is C9H15NO3. The molecule has 74 valence electrons. The van der Waals surface area contributed by atoms with Crippen LogP contribution in [0.25, 0.3) is 0 Å². The number of nitrogens with zero attached hydrogens (tertiary/aromatic N) is 1. The maximum Gasteiger partial charge on any atom is 0.333 e. The lowest BCUT2D eigenvalue weighted by Gasteiger charge is -2.00. The third-order valence-electron chi connectivity index (χ3n) is 0.832. The van der Waals surface area contributed by atoms with Crippen LogP contribution in [0.3, 0.4) is 0 Å². The Morgan fingerprint density at radius 1 is 1.46 bits per heavy atom. The molecule has 0 aliphatic rings. The van der Waals surface area contributed by atoms with E-state index in [-0.39, 0.29) is 13.2 Å². The fourth-order valence-electron chi connectivity index (χ4n) is 0.345. The maximum absolute atomic E-state index is 10.6. The number of carbonyl (C=O) groups excluding carboxylic acids is 1. The van der Waals surface area contributed by atoms with Gasteiger partial charge in [0.2, 0.25) is 0 Å². The number of hydrogen-bond acceptors (Lipinski definition) is 4. The van der Waals surface area contributed by atoms with Gasteiger partial charge in [-0.05, 0) is 6.92 Å². The molecule has 4 nitrogen and oxygen atoms in total. The standard InChI is InChI=1S/C7H9NO3.C2H6/c1-6(2)7(9)11-4-3-10-5-8;1-2/h1,3-4H2,2H3;1-2H3. The molecule has 4 heteroatoms. The molecule has 0 rings (SSSR count). The zero-order chi connectivity index (χ0) is 10.7. The van der Waals surface area contributed by atoms with Gasteiger partial charge in [0.25, 0.3) is 6.26 Å². The predicted octanol–water partition coefficient (Wildman–Crippen LogP) is 1.63. The van der Waals surface area contributed by atoms with E-state index in [1.54, 1.807) is 6.92 Å². The average molecular weight is 185 g/mol. The van der Waals surface area contributed by atoms with Crippen LogP contribution in [0.15, 0.2) is 12.2 Å². The molecule has 0 amide bonds. The topological polar surface area (TPSA) is 59.3 Å². The van der Waals surface area contributed by atoms with E-state index in [1.165, 1.54) is 6.26 Å². The summed E-state index contributed by atoms with van der Waals surface area (Å²) in [5.41, 5.74) is 0.335. The molecule has 0 atom stereocenters. The van der Waals surface area contributed by atoms with Crippen molar-refractivity contribution >= 4 is 5.97 Å². The lowest BCUT2D eigenvalue weighted by atomic mass is 10.4. The van der Waals surface area contributed by atoms with Gasteiger partial charge in [0, 0.05) is 5.57 Å². The second-order valence-corrected chi connectivity index (χ2v) is 1.86. The van der Waals surface area contributed by atoms with Crippen molar-refractivity contribution < 1.29 is 14.3 Å². The Morgan fingerprint density at radius 3 is 2.38 bits per heavy atom. The summed E-state index contributed by atoms with van der Waals surface area (Å²) in [5.74, 6) is -0.466. The van der Waals surface area contributed by atoms with E-state index in [0.717, 1.165) is 0 Å². The van der Waals surface area contributed by atoms with Gasteiger partial charge in [-0.25, -0.2) is 4.79 Å². The van der Waals surface area contributed by atoms with Crippen molar-refractivity contribution in [3.05, 3.63) is 12.2 Å². The molecule has 0 N–H and O–H groups in total. The van der Waals surface area contributed by atoms with Gasteiger partial charge in [-0.1, -0.05) is 20.4 Å². The van der Waals surface area contributed by atoms with Crippen LogP contribution in [0.2, 0.25) is 0 Å². The number of hydrogen-bond donors (Lipinski definition) is 0. The Bertz CT molecular complexity index is 194. The summed E-state index contributed by atoms with van der Waals surface area (Å²) in [7, 11) is 0. The Hall–Kier alpha value is -1.50. The molecule has 0 aliphatic carbocycles. The summed E-state index contributed by atoms with van der Waals surface area (Å²) in [4.78, 5) is 10.6. The van der Waals surface area contributed by atoms with Crippen LogP contribution in [-0.2, 0) is 14.3 Å². The Balaban J connectivity index is 0. The largest absolute Gasteiger partial charge is 0.459 e. The summed E-state index contributed by atoms with van der Waals surface area (Å²) < 4.78 is 8.85. The van der Waals surface area contributed by atoms with Crippen LogP contribution in [0.5, 0.6) is 0 Å². The predicted molar refractivity (Wildman–Crippen MR) is 48.7 cm³/mol. The Labute approximate surface area is 78.8 Å². The van der Waals surface area contributed by atoms with Gasteiger partial charge in [0.15, 0.2) is 0 Å². The average Bonchev–Trinajstić information content (AvgIpc) is 2.15. The van der Waals surface area contributed by atoms with Crippen LogP contribution in [0, 0.1) is 11.5 Å². The number of esters is 1. The molecule has 0 unspecified atom stereocenters. The first kappa shape index (κ1) is 14.0. The van der Waals surface area contributed by atoms with Gasteiger partial charge in [0.1, 0.15) is 13.2 Å². The van der Waals surface area contributed by atoms with Gasteiger partial charge < -0.3 is 9.47 Å². The zero-order valence-electron chi connectivity index (χ0n) is 8.29. The van der Waals surface area contributed by atoms with Crippen molar-refractivity contribution in [3.8, 4) is 6.26 Å². The fourth-order valence-corrected chi connectivity index (χ4v) is 0.345. The van der Waals surface area contributed by atoms with Gasteiger partial charge >= 0.3 is 5.97 Å². The lowest BCUT2D eigenvalue weighted by molar-refractivity contribution is -0.139. The monoisotopic (exact) mass is 185 g/mol. The molecule has 0 saturated heterocycles. The molecule has 0 spiro atoms. The van der Waals surface area contributed by atoms with Crippen LogP contribution in [-0.4, -0.2) is 19.2 Å². The van der Waals surface area contributed by atoms with E-state index in [4.69, 9.17) is 5.26 Å². The quantitative estimate of drug-likeness (QED) is 0.289. The van der Waals surface area contributed by atoms with Gasteiger partial charge in [-0.2, -0.15) is 5.26 Å². The van der Waals surface area contributed by atoms with Crippen LogP contribution in [0.4, 0.5) is 0 Å². The molecule has 0 fully saturated rings. The van der Waals surface area contributed by atoms with E-state index < -0.39 is 5.97 Å². The minimum atomic E-state index is -0.466. The van der Waals surface area contributed by atoms with E-state index in [0.29, 0.717) is 5.57 Å². The molecule has 0 aromatic rings. The third kappa shape index (κ3) is 10.5. The van der Waals surface area contributed by atoms with Crippen molar-refractivity contribution in [2.75, 3.05) is 13.2 Å². The van der Waals surface area contributed by atoms with Gasteiger partial charge in [0.05, 0.1) is 0 Å². The molecule has 0 saturated carbocycles. The van der Waals surface area contributed by atoms with Crippen molar-refractivity contribution in [1.29, 1.82) is 5.26 Å². The van der Waals surface area contributed by atoms with Crippen molar-refractivity contribution in [1.82, 2.24) is 0 Å². The molecule has 0 aromatic heterocycles. The Kier molecular flexibility index (Phi) is 11.3. The minimum Gasteiger partial charge on any atom is -0.459 e. The summed E-state index contributed by atoms with van der Waals surface area (Å²) in [5, 5.41) is 7.91. The summed E-state index contributed by atoms with van der Waals surface area (Å²) in [6.45, 7) is 9.10. The SMILES string of the molecule is C=C(C)C(=O)OCCOC#N.CC. The normalized spacial score (nSPS) is 7.23. The summed E-state index contributed by atoms with van der Waals surface area (Å²) in [6.07, 6.45) is 1.46. The second kappa shape index (κ2) is 10.5. The van der Waals surface area contributed by atoms with E-state index >= 15 is 0 Å². The van der Waals surface area contributed by atoms with Crippen molar-refractivity contribution in [2.45, 2.75) is 20.8 Å². The first-order valence-electron chi connectivity index (χ1n) is 4.02. The first-order valence-corrected chi connectivity index (χ1v) is 4.02. The highest BCUT2D eigenvalue weighted by molar-refractivity contribution is 5.86. The fraction of sp³-hybridized carbons (Fsp3) is 0.556. The van der Waals surface area contributed by atoms with E-state index in [2.05, 4.69) is 16.1 Å². The van der Waals surface area contributed by atoms with Gasteiger partial charge in [-0.3, -0.25) is 0 Å². The molecule has 0 bridgehead atoms. The van der Waals surface area contributed by atoms with Gasteiger partial charge in [-0.15, -0.1) is 0 Å². The summed E-state index contributed by atoms with van der Waals surface area (Å²) >= 11 is 0. The molecule has 13 heavy (non-hydrogen) atoms. The highest BCUT2D eigenvalue weighted by atomic mass is 16.6. The molecule has 0 aliphatic heterocycles. The van der Waals surface area contributed by atoms with Crippen molar-refractivity contribution in [3.63, 3.8) is 0 Å². The number of carbonyl (C=O) groups is 1. The Morgan fingerprint density at radius 2 is 2.00 bits per heavy atom. The first-order chi connectivity index (χ1) is 6.18. The lowest BCUT2D eigenvalue weighted by Crippen LogP contribution is -2.09. The van der Waals surface area contributed by atoms with E-state index in [1.807, 2.05) is 13.8 Å². The van der Waals surface area contributed by atoms with Crippen LogP contribution < -0.4 is 0 Å². The maximum atomic E-state index is 10.6. The smallest absolute Gasteiger partial charge is 0.333 e. The third-order valence-corrected chi connectivity index (χ3v) is 0.832. The van der Waals surface area contributed by atoms with Crippen molar-refractivity contribution in [2.24, 2.45) is 0 Å². The second-order valence-electron chi connectivity index (χ2n) is 1.86. The minimum absolute atomic E-state index is 0.0826. The molecular weight excluding hydrogens is 170 g/mol. The zero-order valence-corrected chi connectivity index (χ0v) is 8.29. The number of nitriles is 1. The molecule has 0 radical (unpaired) electrons. The number of rotatable bonds is 4.